The maximum Gasteiger partial charge on any atom is 0.328 e. The third-order valence-corrected chi connectivity index (χ3v) is 2.27. The Morgan fingerprint density at radius 3 is 2.57 bits per heavy atom. The van der Waals surface area contributed by atoms with Crippen LogP contribution in [0, 0.1) is 0 Å². The summed E-state index contributed by atoms with van der Waals surface area (Å²) in [4.78, 5) is 21.5. The van der Waals surface area contributed by atoms with Crippen LogP contribution in [0.4, 0.5) is 0 Å². The molecule has 3 N–H and O–H groups in total. The topological polar surface area (TPSA) is 86.6 Å². The number of aliphatic carboxylic acids is 1. The molecule has 6 heteroatoms. The number of hydrogen-bond donors (Lipinski definition) is 3. The number of aliphatic hydroxyl groups excluding tert-OH is 1. The monoisotopic (exact) mass is 221 g/mol. The van der Waals surface area contributed by atoms with Crippen molar-refractivity contribution in [3.8, 4) is 0 Å². The van der Waals surface area contributed by atoms with Crippen LogP contribution in [0.3, 0.4) is 0 Å². The van der Waals surface area contributed by atoms with Gasteiger partial charge in [-0.1, -0.05) is 0 Å². The molecule has 0 aliphatic rings. The fourth-order valence-corrected chi connectivity index (χ4v) is 1.26. The van der Waals surface area contributed by atoms with Crippen molar-refractivity contribution < 1.29 is 19.8 Å². The maximum absolute atomic E-state index is 11.1. The van der Waals surface area contributed by atoms with Gasteiger partial charge in [-0.25, -0.2) is 4.79 Å². The minimum Gasteiger partial charge on any atom is -0.480 e. The molecule has 1 unspecified atom stereocenters. The Morgan fingerprint density at radius 2 is 2.14 bits per heavy atom. The summed E-state index contributed by atoms with van der Waals surface area (Å²) < 4.78 is 0. The third-order valence-electron chi connectivity index (χ3n) is 1.57. The van der Waals surface area contributed by atoms with E-state index in [0.29, 0.717) is 12.8 Å². The second-order valence-corrected chi connectivity index (χ2v) is 3.72. The number of thioether (sulfide) groups is 1. The van der Waals surface area contributed by atoms with E-state index in [0.717, 1.165) is 5.75 Å². The second-order valence-electron chi connectivity index (χ2n) is 2.74. The number of carboxylic acid groups (broad SMARTS) is 1. The first-order valence-corrected chi connectivity index (χ1v) is 5.63. The second kappa shape index (κ2) is 7.64. The van der Waals surface area contributed by atoms with Crippen LogP contribution in [0.2, 0.25) is 0 Å². The van der Waals surface area contributed by atoms with Crippen LogP contribution in [-0.2, 0) is 9.59 Å². The molecule has 0 saturated heterocycles. The normalized spacial score (nSPS) is 12.1. The van der Waals surface area contributed by atoms with Crippen molar-refractivity contribution in [1.82, 2.24) is 5.32 Å². The number of hydrogen-bond acceptors (Lipinski definition) is 4. The summed E-state index contributed by atoms with van der Waals surface area (Å²) in [7, 11) is 0. The lowest BCUT2D eigenvalue weighted by Gasteiger charge is -2.10. The lowest BCUT2D eigenvalue weighted by Crippen LogP contribution is -2.43. The molecule has 1 amide bonds. The summed E-state index contributed by atoms with van der Waals surface area (Å²) in [5, 5.41) is 19.4. The smallest absolute Gasteiger partial charge is 0.328 e. The molecule has 82 valence electrons. The van der Waals surface area contributed by atoms with Crippen LogP contribution in [0.25, 0.3) is 0 Å². The van der Waals surface area contributed by atoms with E-state index < -0.39 is 18.6 Å². The molecule has 0 radical (unpaired) electrons. The van der Waals surface area contributed by atoms with Gasteiger partial charge < -0.3 is 15.5 Å². The minimum absolute atomic E-state index is 0.296. The van der Waals surface area contributed by atoms with Crippen LogP contribution >= 0.6 is 11.8 Å². The van der Waals surface area contributed by atoms with Gasteiger partial charge in [0.15, 0.2) is 0 Å². The van der Waals surface area contributed by atoms with Gasteiger partial charge >= 0.3 is 5.97 Å². The average molecular weight is 221 g/mol. The van der Waals surface area contributed by atoms with E-state index in [1.54, 1.807) is 11.8 Å². The molecule has 0 aliphatic heterocycles. The van der Waals surface area contributed by atoms with E-state index in [4.69, 9.17) is 10.2 Å². The third kappa shape index (κ3) is 5.82. The highest BCUT2D eigenvalue weighted by Gasteiger charge is 2.17. The number of amides is 1. The van der Waals surface area contributed by atoms with Crippen LogP contribution < -0.4 is 5.32 Å². The molecule has 1 atom stereocenters. The molecular weight excluding hydrogens is 206 g/mol. The Hall–Kier alpha value is -0.750. The lowest BCUT2D eigenvalue weighted by molar-refractivity contribution is -0.142. The van der Waals surface area contributed by atoms with E-state index in [1.807, 2.05) is 6.26 Å². The molecule has 5 nitrogen and oxygen atoms in total. The summed E-state index contributed by atoms with van der Waals surface area (Å²) >= 11 is 1.63. The van der Waals surface area contributed by atoms with Crippen molar-refractivity contribution in [2.24, 2.45) is 0 Å². The molecule has 0 spiro atoms. The number of carbonyl (C=O) groups is 2. The van der Waals surface area contributed by atoms with E-state index >= 15 is 0 Å². The van der Waals surface area contributed by atoms with Crippen molar-refractivity contribution in [3.63, 3.8) is 0 Å². The Bertz CT molecular complexity index is 198. The first-order chi connectivity index (χ1) is 6.61. The molecule has 0 saturated carbocycles. The van der Waals surface area contributed by atoms with E-state index in [9.17, 15) is 9.59 Å². The predicted octanol–water partition coefficient (Wildman–Crippen LogP) is -0.309. The molecule has 0 aromatic carbocycles. The molecule has 0 rings (SSSR count). The fourth-order valence-electron chi connectivity index (χ4n) is 0.829. The largest absolute Gasteiger partial charge is 0.480 e. The van der Waals surface area contributed by atoms with E-state index in [-0.39, 0.29) is 5.91 Å². The predicted molar refractivity (Wildman–Crippen MR) is 54.3 cm³/mol. The minimum atomic E-state index is -1.22. The number of aliphatic hydroxyl groups is 1. The number of carboxylic acids is 1. The van der Waals surface area contributed by atoms with Gasteiger partial charge in [0.1, 0.15) is 6.04 Å². The summed E-state index contributed by atoms with van der Waals surface area (Å²) in [5.74, 6) is -0.684. The van der Waals surface area contributed by atoms with Gasteiger partial charge in [0.25, 0.3) is 0 Å². The quantitative estimate of drug-likeness (QED) is 0.513. The summed E-state index contributed by atoms with van der Waals surface area (Å²) in [5.41, 5.74) is 0. The van der Waals surface area contributed by atoms with Crippen molar-refractivity contribution in [3.05, 3.63) is 0 Å². The fraction of sp³-hybridized carbons (Fsp3) is 0.750. The van der Waals surface area contributed by atoms with Crippen molar-refractivity contribution in [2.75, 3.05) is 18.6 Å². The van der Waals surface area contributed by atoms with Gasteiger partial charge in [-0.2, -0.15) is 11.8 Å². The number of carbonyl (C=O) groups excluding carboxylic acids is 1. The van der Waals surface area contributed by atoms with E-state index in [1.165, 1.54) is 0 Å². The van der Waals surface area contributed by atoms with Crippen molar-refractivity contribution in [2.45, 2.75) is 18.9 Å². The summed E-state index contributed by atoms with van der Waals surface area (Å²) in [6.45, 7) is -0.580. The Kier molecular flexibility index (Phi) is 7.23. The highest BCUT2D eigenvalue weighted by Crippen LogP contribution is 1.99. The van der Waals surface area contributed by atoms with E-state index in [2.05, 4.69) is 5.32 Å². The molecular formula is C8H15NO4S. The van der Waals surface area contributed by atoms with Crippen LogP contribution in [0.5, 0.6) is 0 Å². The Labute approximate surface area is 86.9 Å². The maximum atomic E-state index is 11.1. The highest BCUT2D eigenvalue weighted by atomic mass is 32.2. The van der Waals surface area contributed by atoms with Gasteiger partial charge in [0.2, 0.25) is 5.91 Å². The van der Waals surface area contributed by atoms with Gasteiger partial charge in [-0.3, -0.25) is 4.79 Å². The Morgan fingerprint density at radius 1 is 1.50 bits per heavy atom. The zero-order chi connectivity index (χ0) is 11.0. The van der Waals surface area contributed by atoms with Crippen LogP contribution in [0.15, 0.2) is 0 Å². The zero-order valence-electron chi connectivity index (χ0n) is 8.02. The zero-order valence-corrected chi connectivity index (χ0v) is 8.84. The molecule has 14 heavy (non-hydrogen) atoms. The molecule has 0 aromatic heterocycles. The molecule has 0 fully saturated rings. The van der Waals surface area contributed by atoms with Crippen LogP contribution in [0.1, 0.15) is 12.8 Å². The van der Waals surface area contributed by atoms with Crippen LogP contribution in [-0.4, -0.2) is 46.7 Å². The number of rotatable bonds is 7. The van der Waals surface area contributed by atoms with Crippen molar-refractivity contribution >= 4 is 23.6 Å². The Balaban J connectivity index is 3.74. The molecule has 0 bridgehead atoms. The molecule has 0 aromatic rings. The van der Waals surface area contributed by atoms with Crippen molar-refractivity contribution in [1.29, 1.82) is 0 Å². The summed E-state index contributed by atoms with van der Waals surface area (Å²) in [6.07, 6.45) is 2.95. The summed E-state index contributed by atoms with van der Waals surface area (Å²) in [6, 6.07) is -1.18. The lowest BCUT2D eigenvalue weighted by atomic mass is 10.2. The highest BCUT2D eigenvalue weighted by molar-refractivity contribution is 7.98. The molecule has 0 heterocycles. The number of nitrogens with one attached hydrogen (secondary N) is 1. The van der Waals surface area contributed by atoms with Gasteiger partial charge in [-0.15, -0.1) is 0 Å². The standard InChI is InChI=1S/C8H15NO4S/c1-14-4-2-3-7(11)9-6(5-10)8(12)13/h6,10H,2-5H2,1H3,(H,9,11)(H,12,13). The van der Waals surface area contributed by atoms with Gasteiger partial charge in [0.05, 0.1) is 6.61 Å². The van der Waals surface area contributed by atoms with Gasteiger partial charge in [0, 0.05) is 6.42 Å². The molecule has 0 aliphatic carbocycles. The van der Waals surface area contributed by atoms with Gasteiger partial charge in [-0.05, 0) is 18.4 Å². The average Bonchev–Trinajstić information content (AvgIpc) is 2.14. The first-order valence-electron chi connectivity index (χ1n) is 4.23. The first kappa shape index (κ1) is 13.2. The SMILES string of the molecule is CSCCCC(=O)NC(CO)C(=O)O.